The van der Waals surface area contributed by atoms with Crippen LogP contribution in [0.1, 0.15) is 28.6 Å². The third kappa shape index (κ3) is 2.68. The van der Waals surface area contributed by atoms with Gasteiger partial charge in [-0.2, -0.15) is 0 Å². The number of likely N-dealkylation sites (N-methyl/N-ethyl adjacent to an activating group) is 1. The van der Waals surface area contributed by atoms with Gasteiger partial charge in [-0.1, -0.05) is 30.3 Å². The van der Waals surface area contributed by atoms with Crippen LogP contribution in [0.25, 0.3) is 0 Å². The highest BCUT2D eigenvalue weighted by Gasteiger charge is 2.37. The van der Waals surface area contributed by atoms with E-state index in [0.29, 0.717) is 18.0 Å². The quantitative estimate of drug-likeness (QED) is 0.687. The molecule has 144 valence electrons. The Morgan fingerprint density at radius 3 is 2.89 bits per heavy atom. The van der Waals surface area contributed by atoms with Gasteiger partial charge in [-0.25, -0.2) is 4.68 Å². The summed E-state index contributed by atoms with van der Waals surface area (Å²) in [4.78, 5) is 2.25. The number of hydrogen-bond acceptors (Lipinski definition) is 7. The molecule has 3 heterocycles. The van der Waals surface area contributed by atoms with Crippen LogP contribution in [0.5, 0.6) is 17.2 Å². The highest BCUT2D eigenvalue weighted by molar-refractivity contribution is 5.62. The Hall–Kier alpha value is -3.13. The number of nitrogens with zero attached hydrogens (tertiary/aromatic N) is 5. The zero-order valence-corrected chi connectivity index (χ0v) is 15.8. The molecule has 0 unspecified atom stereocenters. The van der Waals surface area contributed by atoms with E-state index in [1.165, 1.54) is 5.56 Å². The molecule has 0 N–H and O–H groups in total. The minimum atomic E-state index is -0.132. The fourth-order valence-corrected chi connectivity index (χ4v) is 4.04. The molecular formula is C20H21N5O3. The molecule has 0 spiro atoms. The third-order valence-corrected chi connectivity index (χ3v) is 5.38. The van der Waals surface area contributed by atoms with E-state index < -0.39 is 0 Å². The Morgan fingerprint density at radius 1 is 1.21 bits per heavy atom. The summed E-state index contributed by atoms with van der Waals surface area (Å²) in [5, 5.41) is 12.6. The minimum Gasteiger partial charge on any atom is -0.492 e. The minimum absolute atomic E-state index is 0.132. The topological polar surface area (TPSA) is 74.5 Å². The SMILES string of the molecule is COc1c2c(cc3c1[C@H](c1nnnn1Cc1ccccc1)N(C)CC3)OCO2. The summed E-state index contributed by atoms with van der Waals surface area (Å²) >= 11 is 0. The van der Waals surface area contributed by atoms with Gasteiger partial charge in [-0.05, 0) is 41.1 Å². The number of aromatic nitrogens is 4. The van der Waals surface area contributed by atoms with Crippen molar-refractivity contribution in [2.45, 2.75) is 19.0 Å². The number of rotatable bonds is 4. The molecule has 0 saturated heterocycles. The zero-order valence-electron chi connectivity index (χ0n) is 15.8. The van der Waals surface area contributed by atoms with Crippen LogP contribution in [0.2, 0.25) is 0 Å². The van der Waals surface area contributed by atoms with Crippen LogP contribution in [0.4, 0.5) is 0 Å². The molecule has 2 aliphatic heterocycles. The second kappa shape index (κ2) is 6.79. The van der Waals surface area contributed by atoms with Gasteiger partial charge in [-0.15, -0.1) is 5.10 Å². The zero-order chi connectivity index (χ0) is 19.1. The van der Waals surface area contributed by atoms with E-state index >= 15 is 0 Å². The second-order valence-electron chi connectivity index (χ2n) is 7.03. The smallest absolute Gasteiger partial charge is 0.231 e. The largest absolute Gasteiger partial charge is 0.492 e. The van der Waals surface area contributed by atoms with Crippen LogP contribution in [-0.4, -0.2) is 52.6 Å². The molecular weight excluding hydrogens is 358 g/mol. The van der Waals surface area contributed by atoms with Crippen molar-refractivity contribution in [3.05, 3.63) is 58.9 Å². The third-order valence-electron chi connectivity index (χ3n) is 5.38. The van der Waals surface area contributed by atoms with Gasteiger partial charge in [-0.3, -0.25) is 4.90 Å². The summed E-state index contributed by atoms with van der Waals surface area (Å²) in [6.45, 7) is 1.70. The van der Waals surface area contributed by atoms with Crippen LogP contribution >= 0.6 is 0 Å². The van der Waals surface area contributed by atoms with E-state index in [0.717, 1.165) is 35.7 Å². The molecule has 1 aromatic heterocycles. The van der Waals surface area contributed by atoms with E-state index in [9.17, 15) is 0 Å². The normalized spacial score (nSPS) is 18.1. The first-order valence-electron chi connectivity index (χ1n) is 9.26. The number of tetrazole rings is 1. The molecule has 0 bridgehead atoms. The molecule has 0 amide bonds. The Morgan fingerprint density at radius 2 is 2.07 bits per heavy atom. The number of methoxy groups -OCH3 is 1. The number of benzene rings is 2. The van der Waals surface area contributed by atoms with Gasteiger partial charge in [0.25, 0.3) is 0 Å². The number of ether oxygens (including phenoxy) is 3. The summed E-state index contributed by atoms with van der Waals surface area (Å²) in [5.41, 5.74) is 3.37. The standard InChI is InChI=1S/C20H21N5O3/c1-24-9-8-14-10-15-18(28-12-27-15)19(26-2)16(14)17(24)20-21-22-23-25(20)11-13-6-4-3-5-7-13/h3-7,10,17H,8-9,11-12H2,1-2H3/t17-/m1/s1. The molecule has 8 nitrogen and oxygen atoms in total. The molecule has 5 rings (SSSR count). The molecule has 3 aromatic rings. The van der Waals surface area contributed by atoms with Gasteiger partial charge < -0.3 is 14.2 Å². The van der Waals surface area contributed by atoms with Crippen LogP contribution in [0.15, 0.2) is 36.4 Å². The van der Waals surface area contributed by atoms with Crippen LogP contribution in [-0.2, 0) is 13.0 Å². The Bertz CT molecular complexity index is 1000. The lowest BCUT2D eigenvalue weighted by Gasteiger charge is -2.34. The molecule has 1 atom stereocenters. The van der Waals surface area contributed by atoms with E-state index in [1.54, 1.807) is 7.11 Å². The van der Waals surface area contributed by atoms with Crippen LogP contribution in [0, 0.1) is 0 Å². The molecule has 2 aliphatic rings. The highest BCUT2D eigenvalue weighted by atomic mass is 16.7. The summed E-state index contributed by atoms with van der Waals surface area (Å²) in [5.74, 6) is 2.88. The van der Waals surface area contributed by atoms with Crippen LogP contribution in [0.3, 0.4) is 0 Å². The van der Waals surface area contributed by atoms with E-state index in [4.69, 9.17) is 14.2 Å². The Balaban J connectivity index is 1.62. The van der Waals surface area contributed by atoms with Gasteiger partial charge >= 0.3 is 0 Å². The first kappa shape index (κ1) is 17.0. The van der Waals surface area contributed by atoms with Gasteiger partial charge in [0.15, 0.2) is 17.3 Å². The monoisotopic (exact) mass is 379 g/mol. The van der Waals surface area contributed by atoms with Crippen molar-refractivity contribution >= 4 is 0 Å². The van der Waals surface area contributed by atoms with Crippen molar-refractivity contribution in [3.8, 4) is 17.2 Å². The lowest BCUT2D eigenvalue weighted by Crippen LogP contribution is -2.35. The first-order valence-corrected chi connectivity index (χ1v) is 9.26. The van der Waals surface area contributed by atoms with Crippen molar-refractivity contribution in [1.29, 1.82) is 0 Å². The maximum absolute atomic E-state index is 5.78. The fraction of sp³-hybridized carbons (Fsp3) is 0.350. The molecule has 0 radical (unpaired) electrons. The van der Waals surface area contributed by atoms with Gasteiger partial charge in [0.05, 0.1) is 13.7 Å². The summed E-state index contributed by atoms with van der Waals surface area (Å²) < 4.78 is 18.9. The van der Waals surface area contributed by atoms with Crippen molar-refractivity contribution in [1.82, 2.24) is 25.1 Å². The number of hydrogen-bond donors (Lipinski definition) is 0. The second-order valence-corrected chi connectivity index (χ2v) is 7.03. The lowest BCUT2D eigenvalue weighted by atomic mass is 9.90. The van der Waals surface area contributed by atoms with E-state index in [2.05, 4.69) is 45.7 Å². The predicted octanol–water partition coefficient (Wildman–Crippen LogP) is 2.04. The Kier molecular flexibility index (Phi) is 4.12. The maximum Gasteiger partial charge on any atom is 0.231 e. The maximum atomic E-state index is 5.78. The summed E-state index contributed by atoms with van der Waals surface area (Å²) in [6, 6.07) is 12.1. The summed E-state index contributed by atoms with van der Waals surface area (Å²) in [7, 11) is 3.75. The molecule has 0 aliphatic carbocycles. The van der Waals surface area contributed by atoms with Gasteiger partial charge in [0.2, 0.25) is 12.5 Å². The fourth-order valence-electron chi connectivity index (χ4n) is 4.04. The van der Waals surface area contributed by atoms with E-state index in [-0.39, 0.29) is 12.8 Å². The summed E-state index contributed by atoms with van der Waals surface area (Å²) in [6.07, 6.45) is 0.898. The molecule has 0 saturated carbocycles. The average molecular weight is 379 g/mol. The highest BCUT2D eigenvalue weighted by Crippen LogP contribution is 2.50. The van der Waals surface area contributed by atoms with Gasteiger partial charge in [0, 0.05) is 12.1 Å². The molecule has 8 heteroatoms. The van der Waals surface area contributed by atoms with E-state index in [1.807, 2.05) is 22.9 Å². The predicted molar refractivity (Wildman–Crippen MR) is 101 cm³/mol. The lowest BCUT2D eigenvalue weighted by molar-refractivity contribution is 0.170. The van der Waals surface area contributed by atoms with Crippen LogP contribution < -0.4 is 14.2 Å². The molecule has 0 fully saturated rings. The molecule has 28 heavy (non-hydrogen) atoms. The molecule has 2 aromatic carbocycles. The van der Waals surface area contributed by atoms with Gasteiger partial charge in [0.1, 0.15) is 6.04 Å². The van der Waals surface area contributed by atoms with Crippen molar-refractivity contribution < 1.29 is 14.2 Å². The van der Waals surface area contributed by atoms with Crippen molar-refractivity contribution in [2.75, 3.05) is 27.5 Å². The van der Waals surface area contributed by atoms with Crippen molar-refractivity contribution in [2.24, 2.45) is 0 Å². The van der Waals surface area contributed by atoms with Crippen molar-refractivity contribution in [3.63, 3.8) is 0 Å². The first-order chi connectivity index (χ1) is 13.8. The average Bonchev–Trinajstić information content (AvgIpc) is 3.36. The Labute approximate surface area is 162 Å². The number of fused-ring (bicyclic) bond motifs is 2.